The average molecular weight is 482 g/mol. The Morgan fingerprint density at radius 2 is 1.97 bits per heavy atom. The van der Waals surface area contributed by atoms with Crippen LogP contribution in [0.1, 0.15) is 48.7 Å². The molecule has 1 aliphatic carbocycles. The number of methoxy groups -OCH3 is 2. The molecule has 1 aromatic carbocycles. The van der Waals surface area contributed by atoms with Gasteiger partial charge in [-0.15, -0.1) is 11.3 Å². The molecular weight excluding hydrogens is 450 g/mol. The number of aromatic nitrogens is 1. The van der Waals surface area contributed by atoms with Crippen LogP contribution in [0.15, 0.2) is 35.7 Å². The number of hydrogen-bond donors (Lipinski definition) is 1. The normalized spacial score (nSPS) is 20.6. The number of thiophene rings is 1. The molecule has 8 heteroatoms. The SMILES string of the molecule is COc1ccc(CCN2C(=O)c3cc4sccc4n3C[C@@]2(C)C(=O)NC2CCCC2)c(OC)c1. The lowest BCUT2D eigenvalue weighted by atomic mass is 9.93. The molecule has 7 nitrogen and oxygen atoms in total. The first-order valence-electron chi connectivity index (χ1n) is 11.8. The van der Waals surface area contributed by atoms with E-state index >= 15 is 0 Å². The first kappa shape index (κ1) is 22.8. The van der Waals surface area contributed by atoms with Gasteiger partial charge in [0.1, 0.15) is 22.7 Å². The summed E-state index contributed by atoms with van der Waals surface area (Å²) in [5.41, 5.74) is 1.65. The smallest absolute Gasteiger partial charge is 0.271 e. The molecule has 2 amide bonds. The third-order valence-corrected chi connectivity index (χ3v) is 8.18. The van der Waals surface area contributed by atoms with E-state index in [4.69, 9.17) is 9.47 Å². The van der Waals surface area contributed by atoms with Crippen molar-refractivity contribution < 1.29 is 19.1 Å². The maximum absolute atomic E-state index is 13.8. The van der Waals surface area contributed by atoms with Crippen LogP contribution < -0.4 is 14.8 Å². The van der Waals surface area contributed by atoms with Crippen molar-refractivity contribution in [3.05, 3.63) is 47.0 Å². The Balaban J connectivity index is 1.47. The van der Waals surface area contributed by atoms with Crippen LogP contribution in [0.4, 0.5) is 0 Å². The molecule has 1 fully saturated rings. The zero-order valence-electron chi connectivity index (χ0n) is 19.9. The number of hydrogen-bond acceptors (Lipinski definition) is 5. The van der Waals surface area contributed by atoms with Crippen molar-refractivity contribution >= 4 is 33.4 Å². The van der Waals surface area contributed by atoms with Gasteiger partial charge in [-0.05, 0) is 55.3 Å². The van der Waals surface area contributed by atoms with Gasteiger partial charge in [0, 0.05) is 18.7 Å². The van der Waals surface area contributed by atoms with Crippen molar-refractivity contribution in [2.24, 2.45) is 0 Å². The molecular formula is C26H31N3O4S. The van der Waals surface area contributed by atoms with E-state index in [2.05, 4.69) is 5.32 Å². The van der Waals surface area contributed by atoms with Gasteiger partial charge in [0.25, 0.3) is 5.91 Å². The molecule has 1 aliphatic heterocycles. The molecule has 2 aromatic heterocycles. The topological polar surface area (TPSA) is 72.8 Å². The molecule has 3 aromatic rings. The maximum atomic E-state index is 13.8. The number of rotatable bonds is 7. The molecule has 0 saturated heterocycles. The summed E-state index contributed by atoms with van der Waals surface area (Å²) < 4.78 is 14.0. The lowest BCUT2D eigenvalue weighted by molar-refractivity contribution is -0.133. The minimum absolute atomic E-state index is 0.0721. The molecule has 2 aliphatic rings. The number of carbonyl (C=O) groups excluding carboxylic acids is 2. The summed E-state index contributed by atoms with van der Waals surface area (Å²) in [6.07, 6.45) is 4.85. The van der Waals surface area contributed by atoms with Gasteiger partial charge in [0.2, 0.25) is 5.91 Å². The summed E-state index contributed by atoms with van der Waals surface area (Å²) in [7, 11) is 3.25. The number of carbonyl (C=O) groups is 2. The van der Waals surface area contributed by atoms with E-state index < -0.39 is 5.54 Å². The van der Waals surface area contributed by atoms with Gasteiger partial charge >= 0.3 is 0 Å². The molecule has 180 valence electrons. The number of nitrogens with one attached hydrogen (secondary N) is 1. The molecule has 0 spiro atoms. The van der Waals surface area contributed by atoms with Crippen LogP contribution in [0.25, 0.3) is 10.2 Å². The van der Waals surface area contributed by atoms with Crippen LogP contribution in [0, 0.1) is 0 Å². The quantitative estimate of drug-likeness (QED) is 0.548. The van der Waals surface area contributed by atoms with Crippen LogP contribution in [0.2, 0.25) is 0 Å². The molecule has 1 saturated carbocycles. The fraction of sp³-hybridized carbons (Fsp3) is 0.462. The predicted octanol–water partition coefficient (Wildman–Crippen LogP) is 4.24. The second-order valence-electron chi connectivity index (χ2n) is 9.40. The summed E-state index contributed by atoms with van der Waals surface area (Å²) in [6, 6.07) is 9.87. The highest BCUT2D eigenvalue weighted by Crippen LogP contribution is 2.35. The zero-order chi connectivity index (χ0) is 23.9. The predicted molar refractivity (Wildman–Crippen MR) is 133 cm³/mol. The third kappa shape index (κ3) is 3.83. The molecule has 1 N–H and O–H groups in total. The lowest BCUT2D eigenvalue weighted by Crippen LogP contribution is -2.65. The van der Waals surface area contributed by atoms with E-state index in [1.165, 1.54) is 0 Å². The van der Waals surface area contributed by atoms with E-state index in [0.717, 1.165) is 41.5 Å². The second-order valence-corrected chi connectivity index (χ2v) is 10.3. The van der Waals surface area contributed by atoms with Gasteiger partial charge in [0.15, 0.2) is 0 Å². The monoisotopic (exact) mass is 481 g/mol. The van der Waals surface area contributed by atoms with Gasteiger partial charge in [0.05, 0.1) is 31.0 Å². The largest absolute Gasteiger partial charge is 0.497 e. The van der Waals surface area contributed by atoms with Crippen molar-refractivity contribution in [2.75, 3.05) is 20.8 Å². The minimum Gasteiger partial charge on any atom is -0.497 e. The number of ether oxygens (including phenoxy) is 2. The Morgan fingerprint density at radius 1 is 1.18 bits per heavy atom. The highest BCUT2D eigenvalue weighted by molar-refractivity contribution is 7.17. The van der Waals surface area contributed by atoms with Crippen LogP contribution in [0.3, 0.4) is 0 Å². The maximum Gasteiger partial charge on any atom is 0.271 e. The Labute approximate surface area is 203 Å². The van der Waals surface area contributed by atoms with Crippen molar-refractivity contribution in [1.82, 2.24) is 14.8 Å². The van der Waals surface area contributed by atoms with E-state index in [-0.39, 0.29) is 17.9 Å². The summed E-state index contributed by atoms with van der Waals surface area (Å²) in [4.78, 5) is 29.3. The summed E-state index contributed by atoms with van der Waals surface area (Å²) in [5, 5.41) is 5.28. The summed E-state index contributed by atoms with van der Waals surface area (Å²) >= 11 is 1.62. The Morgan fingerprint density at radius 3 is 2.71 bits per heavy atom. The van der Waals surface area contributed by atoms with Gasteiger partial charge in [-0.3, -0.25) is 9.59 Å². The van der Waals surface area contributed by atoms with Crippen LogP contribution in [-0.2, 0) is 17.8 Å². The van der Waals surface area contributed by atoms with Gasteiger partial charge in [-0.1, -0.05) is 18.9 Å². The lowest BCUT2D eigenvalue weighted by Gasteiger charge is -2.44. The van der Waals surface area contributed by atoms with Crippen molar-refractivity contribution in [3.8, 4) is 11.5 Å². The second kappa shape index (κ2) is 8.98. The molecule has 1 atom stereocenters. The van der Waals surface area contributed by atoms with Gasteiger partial charge < -0.3 is 24.3 Å². The van der Waals surface area contributed by atoms with Crippen molar-refractivity contribution in [3.63, 3.8) is 0 Å². The first-order chi connectivity index (χ1) is 16.4. The Hall–Kier alpha value is -3.00. The number of nitrogens with zero attached hydrogens (tertiary/aromatic N) is 2. The average Bonchev–Trinajstić information content (AvgIpc) is 3.58. The van der Waals surface area contributed by atoms with Crippen LogP contribution in [-0.4, -0.2) is 53.6 Å². The van der Waals surface area contributed by atoms with Gasteiger partial charge in [-0.2, -0.15) is 0 Å². The molecule has 0 unspecified atom stereocenters. The fourth-order valence-electron chi connectivity index (χ4n) is 5.32. The Bertz CT molecular complexity index is 1230. The standard InChI is InChI=1S/C26H31N3O4S/c1-26(25(31)27-18-6-4-5-7-18)16-28-20-11-13-34-23(20)15-21(28)24(30)29(26)12-10-17-8-9-19(32-2)14-22(17)33-3/h8-9,11,13-15,18H,4-7,10,12,16H2,1-3H3,(H,27,31)/t26-/m0/s1. The summed E-state index contributed by atoms with van der Waals surface area (Å²) in [6.45, 7) is 2.75. The highest BCUT2D eigenvalue weighted by Gasteiger charge is 2.48. The molecule has 0 bridgehead atoms. The number of benzene rings is 1. The molecule has 5 rings (SSSR count). The van der Waals surface area contributed by atoms with Crippen molar-refractivity contribution in [1.29, 1.82) is 0 Å². The van der Waals surface area contributed by atoms with E-state index in [1.807, 2.05) is 47.2 Å². The number of amides is 2. The minimum atomic E-state index is -0.986. The Kier molecular flexibility index (Phi) is 6.02. The summed E-state index contributed by atoms with van der Waals surface area (Å²) in [5.74, 6) is 1.25. The zero-order valence-corrected chi connectivity index (χ0v) is 20.7. The molecule has 3 heterocycles. The van der Waals surface area contributed by atoms with Crippen molar-refractivity contribution in [2.45, 2.75) is 57.2 Å². The van der Waals surface area contributed by atoms with Crippen LogP contribution >= 0.6 is 11.3 Å². The third-order valence-electron chi connectivity index (χ3n) is 7.33. The molecule has 0 radical (unpaired) electrons. The van der Waals surface area contributed by atoms with Gasteiger partial charge in [-0.25, -0.2) is 0 Å². The van der Waals surface area contributed by atoms with E-state index in [0.29, 0.717) is 36.7 Å². The fourth-order valence-corrected chi connectivity index (χ4v) is 6.15. The van der Waals surface area contributed by atoms with E-state index in [9.17, 15) is 9.59 Å². The van der Waals surface area contributed by atoms with E-state index in [1.54, 1.807) is 30.5 Å². The highest BCUT2D eigenvalue weighted by atomic mass is 32.1. The first-order valence-corrected chi connectivity index (χ1v) is 12.7. The van der Waals surface area contributed by atoms with Crippen LogP contribution in [0.5, 0.6) is 11.5 Å². The molecule has 34 heavy (non-hydrogen) atoms. The number of fused-ring (bicyclic) bond motifs is 3.